The van der Waals surface area contributed by atoms with Crippen molar-refractivity contribution < 1.29 is 13.6 Å². The number of carbonyl (C=O) groups is 1. The first-order valence-electron chi connectivity index (χ1n) is 5.40. The number of halogens is 4. The zero-order valence-corrected chi connectivity index (χ0v) is 11.9. The maximum atomic E-state index is 13.4. The SMILES string of the molecule is O=C(Cc1cccc(Cl)c1)c1ccc(F)c(F)c1Br. The molecule has 0 aromatic heterocycles. The number of rotatable bonds is 3. The fraction of sp³-hybridized carbons (Fsp3) is 0.0714. The average Bonchev–Trinajstić information content (AvgIpc) is 2.36. The first kappa shape index (κ1) is 14.2. The highest BCUT2D eigenvalue weighted by Gasteiger charge is 2.16. The standard InChI is InChI=1S/C14H8BrClF2O/c15-13-10(4-5-11(17)14(13)18)12(19)7-8-2-1-3-9(16)6-8/h1-6H,7H2. The number of carbonyl (C=O) groups excluding carboxylic acids is 1. The summed E-state index contributed by atoms with van der Waals surface area (Å²) in [4.78, 5) is 12.0. The van der Waals surface area contributed by atoms with Crippen molar-refractivity contribution in [1.29, 1.82) is 0 Å². The van der Waals surface area contributed by atoms with Crippen LogP contribution in [0.1, 0.15) is 15.9 Å². The Bertz CT molecular complexity index is 643. The molecule has 98 valence electrons. The highest BCUT2D eigenvalue weighted by Crippen LogP contribution is 2.24. The van der Waals surface area contributed by atoms with Crippen LogP contribution in [0.4, 0.5) is 8.78 Å². The van der Waals surface area contributed by atoms with Gasteiger partial charge in [-0.2, -0.15) is 0 Å². The van der Waals surface area contributed by atoms with Gasteiger partial charge in [-0.25, -0.2) is 8.78 Å². The third-order valence-electron chi connectivity index (χ3n) is 2.59. The Morgan fingerprint density at radius 2 is 1.95 bits per heavy atom. The summed E-state index contributed by atoms with van der Waals surface area (Å²) in [5.74, 6) is -2.36. The maximum Gasteiger partial charge on any atom is 0.173 e. The number of benzene rings is 2. The zero-order chi connectivity index (χ0) is 14.0. The Morgan fingerprint density at radius 3 is 2.63 bits per heavy atom. The van der Waals surface area contributed by atoms with Gasteiger partial charge < -0.3 is 0 Å². The second-order valence-electron chi connectivity index (χ2n) is 3.95. The molecular formula is C14H8BrClF2O. The summed E-state index contributed by atoms with van der Waals surface area (Å²) >= 11 is 8.72. The van der Waals surface area contributed by atoms with Crippen LogP contribution in [-0.2, 0) is 6.42 Å². The summed E-state index contributed by atoms with van der Waals surface area (Å²) in [6.45, 7) is 0. The molecule has 0 aliphatic rings. The maximum absolute atomic E-state index is 13.4. The van der Waals surface area contributed by atoms with Crippen LogP contribution in [0.2, 0.25) is 5.02 Å². The lowest BCUT2D eigenvalue weighted by atomic mass is 10.0. The van der Waals surface area contributed by atoms with E-state index in [1.54, 1.807) is 24.3 Å². The highest BCUT2D eigenvalue weighted by molar-refractivity contribution is 9.10. The van der Waals surface area contributed by atoms with Crippen molar-refractivity contribution in [1.82, 2.24) is 0 Å². The number of hydrogen-bond donors (Lipinski definition) is 0. The minimum atomic E-state index is -1.06. The Balaban J connectivity index is 2.28. The summed E-state index contributed by atoms with van der Waals surface area (Å²) < 4.78 is 26.2. The van der Waals surface area contributed by atoms with Gasteiger partial charge >= 0.3 is 0 Å². The summed E-state index contributed by atoms with van der Waals surface area (Å²) in [5, 5.41) is 0.523. The highest BCUT2D eigenvalue weighted by atomic mass is 79.9. The zero-order valence-electron chi connectivity index (χ0n) is 9.59. The molecule has 0 fully saturated rings. The molecule has 19 heavy (non-hydrogen) atoms. The van der Waals surface area contributed by atoms with Crippen molar-refractivity contribution in [2.24, 2.45) is 0 Å². The van der Waals surface area contributed by atoms with E-state index in [-0.39, 0.29) is 22.2 Å². The molecule has 0 heterocycles. The summed E-state index contributed by atoms with van der Waals surface area (Å²) in [6.07, 6.45) is 0.0736. The van der Waals surface area contributed by atoms with Gasteiger partial charge in [-0.1, -0.05) is 23.7 Å². The minimum absolute atomic E-state index is 0.0736. The summed E-state index contributed by atoms with van der Waals surface area (Å²) in [7, 11) is 0. The molecule has 0 aliphatic carbocycles. The van der Waals surface area contributed by atoms with Crippen molar-refractivity contribution in [2.75, 3.05) is 0 Å². The lowest BCUT2D eigenvalue weighted by Gasteiger charge is -2.06. The molecule has 2 aromatic carbocycles. The first-order chi connectivity index (χ1) is 8.99. The Hall–Kier alpha value is -1.26. The number of hydrogen-bond acceptors (Lipinski definition) is 1. The fourth-order valence-electron chi connectivity index (χ4n) is 1.67. The molecule has 0 N–H and O–H groups in total. The molecule has 0 aliphatic heterocycles. The Labute approximate surface area is 122 Å². The molecule has 5 heteroatoms. The molecule has 0 saturated carbocycles. The molecular weight excluding hydrogens is 338 g/mol. The molecule has 0 unspecified atom stereocenters. The number of ketones is 1. The van der Waals surface area contributed by atoms with Crippen LogP contribution in [0.25, 0.3) is 0 Å². The molecule has 0 saturated heterocycles. The molecule has 2 aromatic rings. The van der Waals surface area contributed by atoms with Gasteiger partial charge in [0.25, 0.3) is 0 Å². The lowest BCUT2D eigenvalue weighted by Crippen LogP contribution is -2.06. The normalized spacial score (nSPS) is 10.5. The van der Waals surface area contributed by atoms with E-state index < -0.39 is 11.6 Å². The molecule has 0 amide bonds. The van der Waals surface area contributed by atoms with Crippen LogP contribution >= 0.6 is 27.5 Å². The van der Waals surface area contributed by atoms with Crippen LogP contribution in [0, 0.1) is 11.6 Å². The summed E-state index contributed by atoms with van der Waals surface area (Å²) in [5.41, 5.74) is 0.827. The molecule has 2 rings (SSSR count). The van der Waals surface area contributed by atoms with E-state index in [0.29, 0.717) is 10.6 Å². The Morgan fingerprint density at radius 1 is 1.21 bits per heavy atom. The van der Waals surface area contributed by atoms with E-state index in [4.69, 9.17) is 11.6 Å². The second-order valence-corrected chi connectivity index (χ2v) is 5.18. The third kappa shape index (κ3) is 3.19. The van der Waals surface area contributed by atoms with Crippen molar-refractivity contribution in [3.8, 4) is 0 Å². The van der Waals surface area contributed by atoms with Crippen LogP contribution in [-0.4, -0.2) is 5.78 Å². The van der Waals surface area contributed by atoms with E-state index in [1.165, 1.54) is 6.07 Å². The largest absolute Gasteiger partial charge is 0.294 e. The predicted molar refractivity (Wildman–Crippen MR) is 73.5 cm³/mol. The monoisotopic (exact) mass is 344 g/mol. The van der Waals surface area contributed by atoms with Crippen LogP contribution in [0.5, 0.6) is 0 Å². The van der Waals surface area contributed by atoms with Crippen molar-refractivity contribution in [3.05, 3.63) is 68.7 Å². The van der Waals surface area contributed by atoms with Crippen LogP contribution in [0.15, 0.2) is 40.9 Å². The molecule has 0 radical (unpaired) electrons. The number of Topliss-reactive ketones (excluding diaryl/α,β-unsaturated/α-hetero) is 1. The van der Waals surface area contributed by atoms with E-state index >= 15 is 0 Å². The van der Waals surface area contributed by atoms with Gasteiger partial charge in [0.2, 0.25) is 0 Å². The van der Waals surface area contributed by atoms with Crippen molar-refractivity contribution in [2.45, 2.75) is 6.42 Å². The molecule has 0 atom stereocenters. The lowest BCUT2D eigenvalue weighted by molar-refractivity contribution is 0.0991. The van der Waals surface area contributed by atoms with E-state index in [0.717, 1.165) is 6.07 Å². The third-order valence-corrected chi connectivity index (χ3v) is 3.60. The fourth-order valence-corrected chi connectivity index (χ4v) is 2.42. The van der Waals surface area contributed by atoms with E-state index in [2.05, 4.69) is 15.9 Å². The quantitative estimate of drug-likeness (QED) is 0.576. The molecule has 1 nitrogen and oxygen atoms in total. The minimum Gasteiger partial charge on any atom is -0.294 e. The van der Waals surface area contributed by atoms with Crippen LogP contribution in [0.3, 0.4) is 0 Å². The van der Waals surface area contributed by atoms with Crippen LogP contribution < -0.4 is 0 Å². The average molecular weight is 346 g/mol. The van der Waals surface area contributed by atoms with Crippen molar-refractivity contribution >= 4 is 33.3 Å². The van der Waals surface area contributed by atoms with E-state index in [9.17, 15) is 13.6 Å². The van der Waals surface area contributed by atoms with Gasteiger partial charge in [-0.15, -0.1) is 0 Å². The molecule has 0 spiro atoms. The molecule has 0 bridgehead atoms. The topological polar surface area (TPSA) is 17.1 Å². The summed E-state index contributed by atoms with van der Waals surface area (Å²) in [6, 6.07) is 9.03. The second kappa shape index (κ2) is 5.80. The van der Waals surface area contributed by atoms with Gasteiger partial charge in [0.1, 0.15) is 0 Å². The van der Waals surface area contributed by atoms with Gasteiger partial charge in [-0.05, 0) is 45.8 Å². The first-order valence-corrected chi connectivity index (χ1v) is 6.57. The van der Waals surface area contributed by atoms with E-state index in [1.807, 2.05) is 0 Å². The van der Waals surface area contributed by atoms with Crippen molar-refractivity contribution in [3.63, 3.8) is 0 Å². The van der Waals surface area contributed by atoms with Gasteiger partial charge in [0.05, 0.1) is 4.47 Å². The Kier molecular flexibility index (Phi) is 4.32. The van der Waals surface area contributed by atoms with Gasteiger partial charge in [0, 0.05) is 17.0 Å². The smallest absolute Gasteiger partial charge is 0.173 e. The van der Waals surface area contributed by atoms with Gasteiger partial charge in [-0.3, -0.25) is 4.79 Å². The van der Waals surface area contributed by atoms with Gasteiger partial charge in [0.15, 0.2) is 17.4 Å². The predicted octanol–water partition coefficient (Wildman–Crippen LogP) is 4.81.